The summed E-state index contributed by atoms with van der Waals surface area (Å²) < 4.78 is 19.7. The second-order valence-corrected chi connectivity index (χ2v) is 5.98. The summed E-state index contributed by atoms with van der Waals surface area (Å²) in [6.45, 7) is 0.250. The highest BCUT2D eigenvalue weighted by atomic mass is 32.2. The number of rotatable bonds is 6. The zero-order chi connectivity index (χ0) is 16.9. The molecule has 0 saturated heterocycles. The Morgan fingerprint density at radius 2 is 2.08 bits per heavy atom. The van der Waals surface area contributed by atoms with Crippen LogP contribution in [-0.4, -0.2) is 20.7 Å². The second kappa shape index (κ2) is 7.31. The van der Waals surface area contributed by atoms with Gasteiger partial charge >= 0.3 is 0 Å². The maximum Gasteiger partial charge on any atom is 0.287 e. The molecule has 0 radical (unpaired) electrons. The molecule has 1 amide bonds. The normalized spacial score (nSPS) is 10.8. The number of carbonyl (C=O) groups is 1. The number of furan rings is 1. The predicted molar refractivity (Wildman–Crippen MR) is 86.8 cm³/mol. The summed E-state index contributed by atoms with van der Waals surface area (Å²) in [6.07, 6.45) is 1.45. The summed E-state index contributed by atoms with van der Waals surface area (Å²) in [4.78, 5) is 11.8. The third-order valence-corrected chi connectivity index (χ3v) is 4.45. The van der Waals surface area contributed by atoms with Crippen molar-refractivity contribution in [3.63, 3.8) is 0 Å². The number of benzene rings is 1. The number of aromatic nitrogens is 3. The fraction of sp³-hybridized carbons (Fsp3) is 0.188. The summed E-state index contributed by atoms with van der Waals surface area (Å²) >= 11 is 1.49. The lowest BCUT2D eigenvalue weighted by Gasteiger charge is -2.05. The number of amides is 1. The third-order valence-electron chi connectivity index (χ3n) is 3.36. The van der Waals surface area contributed by atoms with Crippen LogP contribution >= 0.6 is 11.8 Å². The molecule has 124 valence electrons. The van der Waals surface area contributed by atoms with Gasteiger partial charge in [0.15, 0.2) is 16.7 Å². The van der Waals surface area contributed by atoms with Gasteiger partial charge in [-0.3, -0.25) is 4.79 Å². The Hall–Kier alpha value is -2.61. The predicted octanol–water partition coefficient (Wildman–Crippen LogP) is 2.77. The maximum atomic E-state index is 12.9. The van der Waals surface area contributed by atoms with Gasteiger partial charge < -0.3 is 14.3 Å². The van der Waals surface area contributed by atoms with Gasteiger partial charge in [0.2, 0.25) is 0 Å². The summed E-state index contributed by atoms with van der Waals surface area (Å²) in [7, 11) is 1.83. The monoisotopic (exact) mass is 346 g/mol. The van der Waals surface area contributed by atoms with E-state index in [0.717, 1.165) is 10.7 Å². The highest BCUT2D eigenvalue weighted by molar-refractivity contribution is 7.98. The van der Waals surface area contributed by atoms with Crippen LogP contribution in [0.5, 0.6) is 0 Å². The molecule has 0 saturated carbocycles. The van der Waals surface area contributed by atoms with Crippen LogP contribution in [0.3, 0.4) is 0 Å². The van der Waals surface area contributed by atoms with Crippen molar-refractivity contribution < 1.29 is 13.6 Å². The molecule has 0 unspecified atom stereocenters. The maximum absolute atomic E-state index is 12.9. The zero-order valence-corrected chi connectivity index (χ0v) is 13.7. The quantitative estimate of drug-likeness (QED) is 0.695. The molecule has 2 heterocycles. The highest BCUT2D eigenvalue weighted by Crippen LogP contribution is 2.21. The average molecular weight is 346 g/mol. The van der Waals surface area contributed by atoms with Gasteiger partial charge in [0, 0.05) is 12.8 Å². The molecule has 3 rings (SSSR count). The molecule has 0 aliphatic carbocycles. The molecule has 1 aromatic carbocycles. The van der Waals surface area contributed by atoms with E-state index in [4.69, 9.17) is 4.42 Å². The fourth-order valence-corrected chi connectivity index (χ4v) is 2.89. The first kappa shape index (κ1) is 16.3. The van der Waals surface area contributed by atoms with Crippen molar-refractivity contribution in [3.05, 3.63) is 65.6 Å². The van der Waals surface area contributed by atoms with Crippen molar-refractivity contribution in [3.8, 4) is 0 Å². The van der Waals surface area contributed by atoms with E-state index in [-0.39, 0.29) is 24.0 Å². The SMILES string of the molecule is Cn1c(CNC(=O)c2ccco2)nnc1SCc1ccc(F)cc1. The third kappa shape index (κ3) is 3.83. The first-order chi connectivity index (χ1) is 11.6. The standard InChI is InChI=1S/C16H15FN4O2S/c1-21-14(9-18-15(22)13-3-2-8-23-13)19-20-16(21)24-10-11-4-6-12(17)7-5-11/h2-8H,9-10H2,1H3,(H,18,22). The second-order valence-electron chi connectivity index (χ2n) is 5.03. The van der Waals surface area contributed by atoms with E-state index in [9.17, 15) is 9.18 Å². The van der Waals surface area contributed by atoms with E-state index in [1.54, 1.807) is 24.3 Å². The van der Waals surface area contributed by atoms with Gasteiger partial charge in [0.25, 0.3) is 5.91 Å². The molecular formula is C16H15FN4O2S. The van der Waals surface area contributed by atoms with Crippen LogP contribution in [0.1, 0.15) is 21.9 Å². The molecule has 1 N–H and O–H groups in total. The molecule has 8 heteroatoms. The molecule has 0 aliphatic heterocycles. The van der Waals surface area contributed by atoms with Gasteiger partial charge in [0.05, 0.1) is 12.8 Å². The lowest BCUT2D eigenvalue weighted by Crippen LogP contribution is -2.24. The van der Waals surface area contributed by atoms with Gasteiger partial charge in [-0.15, -0.1) is 10.2 Å². The number of hydrogen-bond acceptors (Lipinski definition) is 5. The number of thioether (sulfide) groups is 1. The van der Waals surface area contributed by atoms with Crippen molar-refractivity contribution in [1.29, 1.82) is 0 Å². The first-order valence-corrected chi connectivity index (χ1v) is 8.19. The summed E-state index contributed by atoms with van der Waals surface area (Å²) in [5, 5.41) is 11.7. The number of nitrogens with zero attached hydrogens (tertiary/aromatic N) is 3. The van der Waals surface area contributed by atoms with E-state index < -0.39 is 0 Å². The number of halogens is 1. The Bertz CT molecular complexity index is 815. The van der Waals surface area contributed by atoms with Crippen LogP contribution in [0.15, 0.2) is 52.2 Å². The first-order valence-electron chi connectivity index (χ1n) is 7.20. The van der Waals surface area contributed by atoms with E-state index in [1.807, 2.05) is 11.6 Å². The van der Waals surface area contributed by atoms with E-state index in [1.165, 1.54) is 30.2 Å². The van der Waals surface area contributed by atoms with Gasteiger partial charge in [-0.05, 0) is 29.8 Å². The minimum Gasteiger partial charge on any atom is -0.459 e. The largest absolute Gasteiger partial charge is 0.459 e. The lowest BCUT2D eigenvalue weighted by molar-refractivity contribution is 0.0921. The van der Waals surface area contributed by atoms with Gasteiger partial charge in [0.1, 0.15) is 5.82 Å². The van der Waals surface area contributed by atoms with Gasteiger partial charge in [-0.25, -0.2) is 4.39 Å². The van der Waals surface area contributed by atoms with Crippen molar-refractivity contribution in [2.75, 3.05) is 0 Å². The summed E-state index contributed by atoms with van der Waals surface area (Å²) in [5.74, 6) is 0.991. The van der Waals surface area contributed by atoms with E-state index in [2.05, 4.69) is 15.5 Å². The number of carbonyl (C=O) groups excluding carboxylic acids is 1. The van der Waals surface area contributed by atoms with Crippen LogP contribution in [-0.2, 0) is 19.3 Å². The van der Waals surface area contributed by atoms with Crippen LogP contribution in [0.25, 0.3) is 0 Å². The molecule has 0 fully saturated rings. The molecule has 0 aliphatic rings. The number of nitrogens with one attached hydrogen (secondary N) is 1. The van der Waals surface area contributed by atoms with Crippen LogP contribution in [0, 0.1) is 5.82 Å². The smallest absolute Gasteiger partial charge is 0.287 e. The van der Waals surface area contributed by atoms with Crippen LogP contribution in [0.2, 0.25) is 0 Å². The van der Waals surface area contributed by atoms with Gasteiger partial charge in [-0.2, -0.15) is 0 Å². The Kier molecular flexibility index (Phi) is 4.95. The van der Waals surface area contributed by atoms with Gasteiger partial charge in [-0.1, -0.05) is 23.9 Å². The molecule has 24 heavy (non-hydrogen) atoms. The summed E-state index contributed by atoms with van der Waals surface area (Å²) in [5.41, 5.74) is 0.997. The Balaban J connectivity index is 1.57. The zero-order valence-electron chi connectivity index (χ0n) is 12.9. The van der Waals surface area contributed by atoms with Crippen molar-refractivity contribution >= 4 is 17.7 Å². The van der Waals surface area contributed by atoms with Crippen LogP contribution < -0.4 is 5.32 Å². The molecule has 2 aromatic heterocycles. The molecule has 0 atom stereocenters. The molecule has 3 aromatic rings. The van der Waals surface area contributed by atoms with Crippen molar-refractivity contribution in [2.45, 2.75) is 17.5 Å². The number of hydrogen-bond donors (Lipinski definition) is 1. The highest BCUT2D eigenvalue weighted by Gasteiger charge is 2.12. The molecule has 0 spiro atoms. The Morgan fingerprint density at radius 3 is 2.79 bits per heavy atom. The molecule has 0 bridgehead atoms. The van der Waals surface area contributed by atoms with Crippen molar-refractivity contribution in [2.24, 2.45) is 7.05 Å². The fourth-order valence-electron chi connectivity index (χ4n) is 2.01. The van der Waals surface area contributed by atoms with E-state index >= 15 is 0 Å². The average Bonchev–Trinajstić information content (AvgIpc) is 3.23. The minimum absolute atomic E-state index is 0.250. The van der Waals surface area contributed by atoms with Crippen LogP contribution in [0.4, 0.5) is 4.39 Å². The minimum atomic E-state index is -0.302. The van der Waals surface area contributed by atoms with Crippen molar-refractivity contribution in [1.82, 2.24) is 20.1 Å². The topological polar surface area (TPSA) is 73.0 Å². The summed E-state index contributed by atoms with van der Waals surface area (Å²) in [6, 6.07) is 9.59. The Morgan fingerprint density at radius 1 is 1.29 bits per heavy atom. The molecule has 6 nitrogen and oxygen atoms in total. The van der Waals surface area contributed by atoms with E-state index in [0.29, 0.717) is 11.6 Å². The lowest BCUT2D eigenvalue weighted by atomic mass is 10.2. The molecular weight excluding hydrogens is 331 g/mol. The Labute approximate surface area is 142 Å².